The molecule has 3 rings (SSSR count). The van der Waals surface area contributed by atoms with E-state index in [4.69, 9.17) is 42.6 Å². The van der Waals surface area contributed by atoms with Gasteiger partial charge in [-0.25, -0.2) is 19.4 Å². The Balaban J connectivity index is 0.966. The largest absolute Gasteiger partial charge is 0.480 e. The number of hydrogen-bond donors (Lipinski definition) is 4. The maximum atomic E-state index is 12.1. The van der Waals surface area contributed by atoms with Crippen molar-refractivity contribution in [2.75, 3.05) is 138 Å². The SMILES string of the molecule is CSc1ncc(-c2cn(CCOCCOCCOCCOCCOCCOCCOCCOCCOCC(=O)NCC(=O)NCC(=O)NC(Cc3ccccc3)C(=O)O)nn2)cn1. The molecule has 0 saturated carbocycles. The van der Waals surface area contributed by atoms with Crippen molar-refractivity contribution in [1.29, 1.82) is 0 Å². The van der Waals surface area contributed by atoms with Gasteiger partial charge in [-0.15, -0.1) is 5.10 Å². The smallest absolute Gasteiger partial charge is 0.326 e. The molecule has 1 atom stereocenters. The zero-order valence-corrected chi connectivity index (χ0v) is 36.5. The van der Waals surface area contributed by atoms with Crippen molar-refractivity contribution in [2.24, 2.45) is 0 Å². The molecule has 0 bridgehead atoms. The van der Waals surface area contributed by atoms with Gasteiger partial charge < -0.3 is 63.7 Å². The molecule has 1 aromatic carbocycles. The molecule has 4 N–H and O–H groups in total. The highest BCUT2D eigenvalue weighted by Crippen LogP contribution is 2.16. The van der Waals surface area contributed by atoms with Crippen LogP contribution in [0.25, 0.3) is 11.3 Å². The Morgan fingerprint density at radius 2 is 1.10 bits per heavy atom. The minimum atomic E-state index is -1.20. The molecule has 0 aliphatic rings. The molecule has 0 aliphatic carbocycles. The number of carboxylic acids is 1. The number of thioether (sulfide) groups is 1. The molecule has 63 heavy (non-hydrogen) atoms. The third-order valence-corrected chi connectivity index (χ3v) is 8.70. The predicted octanol–water partition coefficient (Wildman–Crippen LogP) is -0.349. The zero-order valence-electron chi connectivity index (χ0n) is 35.7. The first-order chi connectivity index (χ1) is 30.8. The van der Waals surface area contributed by atoms with Crippen molar-refractivity contribution in [3.05, 3.63) is 54.5 Å². The Morgan fingerprint density at radius 1 is 0.635 bits per heavy atom. The fraction of sp³-hybridized carbons (Fsp3) is 0.600. The number of nitrogens with zero attached hydrogens (tertiary/aromatic N) is 5. The molecule has 350 valence electrons. The molecule has 23 heteroatoms. The summed E-state index contributed by atoms with van der Waals surface area (Å²) < 4.78 is 50.9. The van der Waals surface area contributed by atoms with Gasteiger partial charge in [0.2, 0.25) is 17.7 Å². The molecule has 22 nitrogen and oxygen atoms in total. The molecule has 2 heterocycles. The summed E-state index contributed by atoms with van der Waals surface area (Å²) in [6.45, 7) is 6.40. The van der Waals surface area contributed by atoms with Crippen molar-refractivity contribution in [2.45, 2.75) is 24.2 Å². The van der Waals surface area contributed by atoms with Gasteiger partial charge in [0.05, 0.1) is 138 Å². The van der Waals surface area contributed by atoms with Crippen molar-refractivity contribution in [3.63, 3.8) is 0 Å². The van der Waals surface area contributed by atoms with E-state index < -0.39 is 36.3 Å². The quantitative estimate of drug-likeness (QED) is 0.0324. The molecule has 0 saturated heterocycles. The second kappa shape index (κ2) is 34.8. The highest BCUT2D eigenvalue weighted by Gasteiger charge is 2.20. The van der Waals surface area contributed by atoms with Crippen LogP contribution in [0.15, 0.2) is 54.1 Å². The van der Waals surface area contributed by atoms with E-state index >= 15 is 0 Å². The maximum absolute atomic E-state index is 12.1. The Labute approximate surface area is 370 Å². The number of benzene rings is 1. The molecule has 0 fully saturated rings. The van der Waals surface area contributed by atoms with Crippen molar-refractivity contribution in [3.8, 4) is 11.3 Å². The number of aliphatic carboxylic acids is 1. The first kappa shape index (κ1) is 52.7. The zero-order chi connectivity index (χ0) is 45.0. The van der Waals surface area contributed by atoms with E-state index in [1.807, 2.05) is 12.5 Å². The lowest BCUT2D eigenvalue weighted by Crippen LogP contribution is -2.48. The minimum Gasteiger partial charge on any atom is -0.480 e. The van der Waals surface area contributed by atoms with Gasteiger partial charge in [-0.1, -0.05) is 47.3 Å². The van der Waals surface area contributed by atoms with Gasteiger partial charge in [-0.3, -0.25) is 14.4 Å². The number of ether oxygens (including phenoxy) is 9. The lowest BCUT2D eigenvalue weighted by Gasteiger charge is -2.15. The van der Waals surface area contributed by atoms with E-state index in [-0.39, 0.29) is 32.8 Å². The van der Waals surface area contributed by atoms with Gasteiger partial charge >= 0.3 is 5.97 Å². The normalized spacial score (nSPS) is 11.6. The third-order valence-electron chi connectivity index (χ3n) is 8.13. The van der Waals surface area contributed by atoms with Crippen LogP contribution < -0.4 is 16.0 Å². The van der Waals surface area contributed by atoms with Crippen LogP contribution in [0.2, 0.25) is 0 Å². The number of carbonyl (C=O) groups excluding carboxylic acids is 3. The number of hydrogen-bond acceptors (Lipinski definition) is 18. The molecular formula is C40H60N8O14S. The molecule has 1 unspecified atom stereocenters. The molecular weight excluding hydrogens is 849 g/mol. The summed E-state index contributed by atoms with van der Waals surface area (Å²) in [5.74, 6) is -3.01. The van der Waals surface area contributed by atoms with Crippen molar-refractivity contribution in [1.82, 2.24) is 40.9 Å². The predicted molar refractivity (Wildman–Crippen MR) is 226 cm³/mol. The summed E-state index contributed by atoms with van der Waals surface area (Å²) in [4.78, 5) is 56.0. The average Bonchev–Trinajstić information content (AvgIpc) is 3.77. The molecule has 0 aliphatic heterocycles. The molecule has 3 aromatic rings. The van der Waals surface area contributed by atoms with E-state index in [9.17, 15) is 24.3 Å². The number of rotatable bonds is 39. The summed E-state index contributed by atoms with van der Waals surface area (Å²) in [7, 11) is 0. The van der Waals surface area contributed by atoms with Gasteiger partial charge in [0.25, 0.3) is 0 Å². The van der Waals surface area contributed by atoms with E-state index in [0.29, 0.717) is 116 Å². The monoisotopic (exact) mass is 908 g/mol. The number of carbonyl (C=O) groups is 4. The van der Waals surface area contributed by atoms with Crippen LogP contribution in [0.4, 0.5) is 0 Å². The van der Waals surface area contributed by atoms with E-state index in [0.717, 1.165) is 11.1 Å². The summed E-state index contributed by atoms with van der Waals surface area (Å²) in [6.07, 6.45) is 7.32. The Hall–Kier alpha value is -4.69. The number of carboxylic acid groups (broad SMARTS) is 1. The molecule has 3 amide bonds. The standard InChI is InChI=1S/C40H60N8O14S/c1-63-40-43-26-33(27-44-40)35-30-48(47-46-35)7-8-54-9-10-55-11-12-56-13-14-57-15-16-58-17-18-59-19-20-60-21-22-61-23-24-62-31-38(51)42-28-36(49)41-29-37(50)45-34(39(52)53)25-32-5-3-2-4-6-32/h2-6,26-27,30,34H,7-25,28-29,31H2,1H3,(H,41,49)(H,42,51)(H,45,50)(H,52,53). The van der Waals surface area contributed by atoms with Crippen LogP contribution in [0, 0.1) is 0 Å². The lowest BCUT2D eigenvalue weighted by atomic mass is 10.1. The second-order valence-electron chi connectivity index (χ2n) is 13.0. The van der Waals surface area contributed by atoms with Gasteiger partial charge in [0.1, 0.15) is 18.3 Å². The first-order valence-electron chi connectivity index (χ1n) is 20.4. The van der Waals surface area contributed by atoms with Crippen LogP contribution in [0.5, 0.6) is 0 Å². The summed E-state index contributed by atoms with van der Waals surface area (Å²) in [6, 6.07) is 7.69. The topological polar surface area (TPSA) is 264 Å². The second-order valence-corrected chi connectivity index (χ2v) is 13.8. The fourth-order valence-electron chi connectivity index (χ4n) is 4.94. The molecule has 2 aromatic heterocycles. The van der Waals surface area contributed by atoms with Crippen LogP contribution in [0.1, 0.15) is 5.56 Å². The van der Waals surface area contributed by atoms with Crippen LogP contribution >= 0.6 is 11.8 Å². The highest BCUT2D eigenvalue weighted by atomic mass is 32.2. The van der Waals surface area contributed by atoms with Crippen LogP contribution in [0.3, 0.4) is 0 Å². The van der Waals surface area contributed by atoms with Gasteiger partial charge in [-0.2, -0.15) is 0 Å². The lowest BCUT2D eigenvalue weighted by molar-refractivity contribution is -0.141. The van der Waals surface area contributed by atoms with Crippen LogP contribution in [-0.2, 0) is 74.8 Å². The maximum Gasteiger partial charge on any atom is 0.326 e. The van der Waals surface area contributed by atoms with Crippen LogP contribution in [-0.4, -0.2) is 198 Å². The van der Waals surface area contributed by atoms with Gasteiger partial charge in [-0.05, 0) is 11.8 Å². The average molecular weight is 909 g/mol. The van der Waals surface area contributed by atoms with Gasteiger partial charge in [0, 0.05) is 24.4 Å². The summed E-state index contributed by atoms with van der Waals surface area (Å²) in [5, 5.41) is 25.4. The van der Waals surface area contributed by atoms with Crippen molar-refractivity contribution < 1.29 is 66.9 Å². The Bertz CT molecular complexity index is 1680. The third kappa shape index (κ3) is 26.5. The van der Waals surface area contributed by atoms with E-state index in [2.05, 4.69) is 36.2 Å². The molecule has 0 spiro atoms. The van der Waals surface area contributed by atoms with E-state index in [1.165, 1.54) is 11.8 Å². The van der Waals surface area contributed by atoms with Gasteiger partial charge in [0.15, 0.2) is 5.16 Å². The van der Waals surface area contributed by atoms with E-state index in [1.54, 1.807) is 47.4 Å². The Kier molecular flexibility index (Phi) is 29.0. The Morgan fingerprint density at radius 3 is 1.59 bits per heavy atom. The minimum absolute atomic E-state index is 0.0942. The van der Waals surface area contributed by atoms with Crippen molar-refractivity contribution >= 4 is 35.5 Å². The summed E-state index contributed by atoms with van der Waals surface area (Å²) >= 11 is 1.48. The summed E-state index contributed by atoms with van der Waals surface area (Å²) in [5.41, 5.74) is 2.27. The number of aromatic nitrogens is 5. The molecule has 0 radical (unpaired) electrons. The number of nitrogens with one attached hydrogen (secondary N) is 3. The number of amides is 3. The first-order valence-corrected chi connectivity index (χ1v) is 21.6. The fourth-order valence-corrected chi connectivity index (χ4v) is 5.26. The highest BCUT2D eigenvalue weighted by molar-refractivity contribution is 7.98.